The number of carbonyl (C=O) groups is 2. The molecule has 3 heterocycles. The zero-order valence-electron chi connectivity index (χ0n) is 19.5. The van der Waals surface area contributed by atoms with Crippen molar-refractivity contribution in [2.24, 2.45) is 5.92 Å². The van der Waals surface area contributed by atoms with Crippen molar-refractivity contribution in [3.63, 3.8) is 0 Å². The summed E-state index contributed by atoms with van der Waals surface area (Å²) in [4.78, 5) is 40.5. The van der Waals surface area contributed by atoms with E-state index in [2.05, 4.69) is 10.4 Å². The lowest BCUT2D eigenvalue weighted by Crippen LogP contribution is -2.46. The summed E-state index contributed by atoms with van der Waals surface area (Å²) in [7, 11) is 0. The minimum Gasteiger partial charge on any atom is -0.492 e. The van der Waals surface area contributed by atoms with Gasteiger partial charge in [0, 0.05) is 25.2 Å². The minimum atomic E-state index is -0.637. The first-order valence-electron chi connectivity index (χ1n) is 11.2. The molecule has 2 fully saturated rings. The van der Waals surface area contributed by atoms with E-state index in [0.29, 0.717) is 25.3 Å². The lowest BCUT2D eigenvalue weighted by molar-refractivity contribution is -0.133. The first-order chi connectivity index (χ1) is 15.7. The number of morpholine rings is 1. The molecule has 11 nitrogen and oxygen atoms in total. The summed E-state index contributed by atoms with van der Waals surface area (Å²) in [6.07, 6.45) is 4.56. The van der Waals surface area contributed by atoms with Crippen molar-refractivity contribution >= 4 is 41.8 Å². The Bertz CT molecular complexity index is 1180. The van der Waals surface area contributed by atoms with Gasteiger partial charge in [-0.05, 0) is 31.8 Å². The highest BCUT2D eigenvalue weighted by atomic mass is 35.5. The Balaban J connectivity index is 0.00000324. The van der Waals surface area contributed by atoms with Crippen molar-refractivity contribution in [2.75, 3.05) is 25.5 Å². The van der Waals surface area contributed by atoms with Crippen LogP contribution in [0, 0.1) is 5.92 Å². The summed E-state index contributed by atoms with van der Waals surface area (Å²) in [5.74, 6) is -1.35. The van der Waals surface area contributed by atoms with Crippen LogP contribution in [0.4, 0.5) is 5.82 Å². The number of nitrogens with two attached hydrogens (primary N) is 1. The molecule has 12 heteroatoms. The van der Waals surface area contributed by atoms with Gasteiger partial charge in [0.1, 0.15) is 0 Å². The van der Waals surface area contributed by atoms with Crippen LogP contribution in [0.1, 0.15) is 49.5 Å². The van der Waals surface area contributed by atoms with E-state index in [-0.39, 0.29) is 59.9 Å². The Labute approximate surface area is 203 Å². The number of anilines is 1. The molecule has 0 unspecified atom stereocenters. The molecule has 2 aromatic rings. The van der Waals surface area contributed by atoms with E-state index in [9.17, 15) is 19.5 Å². The number of amides is 2. The molecule has 34 heavy (non-hydrogen) atoms. The number of aromatic nitrogens is 3. The van der Waals surface area contributed by atoms with Crippen molar-refractivity contribution in [1.29, 1.82) is 0 Å². The van der Waals surface area contributed by atoms with Crippen LogP contribution in [-0.2, 0) is 16.1 Å². The van der Waals surface area contributed by atoms with Crippen LogP contribution in [0.25, 0.3) is 11.7 Å². The van der Waals surface area contributed by atoms with Gasteiger partial charge in [-0.2, -0.15) is 4.52 Å². The number of ether oxygens (including phenoxy) is 1. The predicted octanol–water partition coefficient (Wildman–Crippen LogP) is 1.01. The van der Waals surface area contributed by atoms with Crippen molar-refractivity contribution in [1.82, 2.24) is 24.4 Å². The van der Waals surface area contributed by atoms with E-state index in [0.717, 1.165) is 17.4 Å². The molecule has 2 aromatic heterocycles. The smallest absolute Gasteiger partial charge is 0.270 e. The normalized spacial score (nSPS) is 18.5. The average molecular weight is 495 g/mol. The van der Waals surface area contributed by atoms with Gasteiger partial charge in [-0.3, -0.25) is 19.0 Å². The first kappa shape index (κ1) is 25.6. The van der Waals surface area contributed by atoms with Crippen LogP contribution in [0.3, 0.4) is 0 Å². The summed E-state index contributed by atoms with van der Waals surface area (Å²) in [5.41, 5.74) is 5.68. The molecule has 4 N–H and O–H groups in total. The SMILES string of the molecule is CC(C)Cn1c(=O)c(C(=O)NC2CC2)c(O)n2nc(N)c(/C=C/C(=O)N3CCOC[C@@H]3C)c12.Cl. The Hall–Kier alpha value is -3.05. The predicted molar refractivity (Wildman–Crippen MR) is 129 cm³/mol. The van der Waals surface area contributed by atoms with Gasteiger partial charge in [0.2, 0.25) is 11.8 Å². The molecule has 1 atom stereocenters. The summed E-state index contributed by atoms with van der Waals surface area (Å²) in [6, 6.07) is -0.0480. The lowest BCUT2D eigenvalue weighted by atomic mass is 10.2. The van der Waals surface area contributed by atoms with Gasteiger partial charge in [0.05, 0.1) is 24.8 Å². The first-order valence-corrected chi connectivity index (χ1v) is 11.2. The fourth-order valence-electron chi connectivity index (χ4n) is 3.96. The van der Waals surface area contributed by atoms with Crippen LogP contribution in [0.15, 0.2) is 10.9 Å². The Morgan fingerprint density at radius 2 is 2.06 bits per heavy atom. The molecular formula is C22H31ClN6O5. The second kappa shape index (κ2) is 10.1. The van der Waals surface area contributed by atoms with Gasteiger partial charge in [-0.1, -0.05) is 13.8 Å². The third-order valence-corrected chi connectivity index (χ3v) is 5.79. The van der Waals surface area contributed by atoms with Crippen LogP contribution >= 0.6 is 12.4 Å². The number of nitrogens with one attached hydrogen (secondary N) is 1. The summed E-state index contributed by atoms with van der Waals surface area (Å²) in [5, 5.41) is 17.7. The quantitative estimate of drug-likeness (QED) is 0.508. The monoisotopic (exact) mass is 494 g/mol. The molecule has 1 aliphatic carbocycles. The minimum absolute atomic E-state index is 0. The van der Waals surface area contributed by atoms with E-state index in [1.54, 1.807) is 4.90 Å². The molecule has 1 aliphatic heterocycles. The standard InChI is InChI=1S/C22H30N6O5.ClH/c1-12(2)10-27-20-15(6-7-16(29)26-8-9-33-11-13(26)3)18(23)25-28(20)22(32)17(21(27)31)19(30)24-14-4-5-14;/h6-7,12-14,32H,4-5,8-11H2,1-3H3,(H2,23,25)(H,24,30);1H/b7-6+;/t13-;/m0./s1. The van der Waals surface area contributed by atoms with Gasteiger partial charge in [-0.15, -0.1) is 17.5 Å². The number of aromatic hydroxyl groups is 1. The fourth-order valence-corrected chi connectivity index (χ4v) is 3.96. The Kier molecular flexibility index (Phi) is 7.57. The summed E-state index contributed by atoms with van der Waals surface area (Å²) in [6.45, 7) is 7.44. The Morgan fingerprint density at radius 3 is 2.68 bits per heavy atom. The zero-order chi connectivity index (χ0) is 23.9. The third-order valence-electron chi connectivity index (χ3n) is 5.79. The highest BCUT2D eigenvalue weighted by Gasteiger charge is 2.30. The molecule has 0 aromatic carbocycles. The highest BCUT2D eigenvalue weighted by Crippen LogP contribution is 2.26. The maximum Gasteiger partial charge on any atom is 0.270 e. The molecule has 1 saturated heterocycles. The largest absolute Gasteiger partial charge is 0.492 e. The second-order valence-corrected chi connectivity index (χ2v) is 9.08. The van der Waals surface area contributed by atoms with E-state index >= 15 is 0 Å². The summed E-state index contributed by atoms with van der Waals surface area (Å²) >= 11 is 0. The van der Waals surface area contributed by atoms with Gasteiger partial charge in [0.25, 0.3) is 11.5 Å². The maximum atomic E-state index is 13.3. The third kappa shape index (κ3) is 4.90. The molecule has 2 amide bonds. The van der Waals surface area contributed by atoms with Crippen LogP contribution in [-0.4, -0.2) is 67.8 Å². The molecule has 0 bridgehead atoms. The van der Waals surface area contributed by atoms with E-state index in [1.165, 1.54) is 16.7 Å². The van der Waals surface area contributed by atoms with Crippen molar-refractivity contribution in [3.05, 3.63) is 27.6 Å². The molecule has 186 valence electrons. The highest BCUT2D eigenvalue weighted by molar-refractivity contribution is 5.97. The number of halogens is 1. The van der Waals surface area contributed by atoms with E-state index in [1.807, 2.05) is 20.8 Å². The van der Waals surface area contributed by atoms with Crippen molar-refractivity contribution in [2.45, 2.75) is 52.2 Å². The second-order valence-electron chi connectivity index (χ2n) is 9.08. The number of fused-ring (bicyclic) bond motifs is 1. The number of hydrogen-bond donors (Lipinski definition) is 3. The number of nitrogens with zero attached hydrogens (tertiary/aromatic N) is 4. The molecule has 4 rings (SSSR count). The molecule has 0 spiro atoms. The fraction of sp³-hybridized carbons (Fsp3) is 0.545. The van der Waals surface area contributed by atoms with Crippen LogP contribution in [0.2, 0.25) is 0 Å². The lowest BCUT2D eigenvalue weighted by Gasteiger charge is -2.32. The zero-order valence-corrected chi connectivity index (χ0v) is 20.3. The number of carbonyl (C=O) groups excluding carboxylic acids is 2. The van der Waals surface area contributed by atoms with E-state index < -0.39 is 17.3 Å². The van der Waals surface area contributed by atoms with Crippen LogP contribution < -0.4 is 16.6 Å². The topological polar surface area (TPSA) is 144 Å². The molecule has 1 saturated carbocycles. The van der Waals surface area contributed by atoms with Gasteiger partial charge < -0.3 is 25.8 Å². The van der Waals surface area contributed by atoms with E-state index in [4.69, 9.17) is 10.5 Å². The van der Waals surface area contributed by atoms with Crippen LogP contribution in [0.5, 0.6) is 5.88 Å². The van der Waals surface area contributed by atoms with Gasteiger partial charge in [-0.25, -0.2) is 0 Å². The van der Waals surface area contributed by atoms with Gasteiger partial charge in [0.15, 0.2) is 17.0 Å². The number of nitrogen functional groups attached to an aromatic ring is 1. The number of hydrogen-bond acceptors (Lipinski definition) is 7. The number of rotatable bonds is 6. The molecule has 2 aliphatic rings. The molecular weight excluding hydrogens is 464 g/mol. The summed E-state index contributed by atoms with van der Waals surface area (Å²) < 4.78 is 7.86. The van der Waals surface area contributed by atoms with Gasteiger partial charge >= 0.3 is 0 Å². The molecule has 0 radical (unpaired) electrons. The average Bonchev–Trinajstić information content (AvgIpc) is 3.50. The Morgan fingerprint density at radius 1 is 1.35 bits per heavy atom. The van der Waals surface area contributed by atoms with Crippen molar-refractivity contribution in [3.8, 4) is 5.88 Å². The maximum absolute atomic E-state index is 13.3. The van der Waals surface area contributed by atoms with Crippen molar-refractivity contribution < 1.29 is 19.4 Å².